The van der Waals surface area contributed by atoms with E-state index in [0.29, 0.717) is 13.1 Å². The van der Waals surface area contributed by atoms with E-state index in [-0.39, 0.29) is 12.1 Å². The van der Waals surface area contributed by atoms with E-state index in [9.17, 15) is 8.78 Å². The van der Waals surface area contributed by atoms with Crippen LogP contribution in [-0.2, 0) is 6.42 Å². The molecule has 0 radical (unpaired) electrons. The van der Waals surface area contributed by atoms with Gasteiger partial charge in [-0.05, 0) is 18.6 Å². The first-order valence-electron chi connectivity index (χ1n) is 5.85. The second kappa shape index (κ2) is 3.67. The molecule has 2 nitrogen and oxygen atoms in total. The Hall–Kier alpha value is -1.16. The Morgan fingerprint density at radius 3 is 2.88 bits per heavy atom. The monoisotopic (exact) mass is 239 g/mol. The van der Waals surface area contributed by atoms with Gasteiger partial charge in [-0.25, -0.2) is 8.78 Å². The average molecular weight is 239 g/mol. The highest BCUT2D eigenvalue weighted by atomic mass is 19.3. The highest BCUT2D eigenvalue weighted by molar-refractivity contribution is 5.43. The highest BCUT2D eigenvalue weighted by Crippen LogP contribution is 2.40. The molecule has 4 heteroatoms. The van der Waals surface area contributed by atoms with Crippen molar-refractivity contribution in [1.29, 1.82) is 0 Å². The fraction of sp³-hybridized carbons (Fsp3) is 0.538. The Labute approximate surface area is 99.2 Å². The van der Waals surface area contributed by atoms with Gasteiger partial charge in [0.25, 0.3) is 6.43 Å². The molecule has 2 heterocycles. The maximum absolute atomic E-state index is 12.2. The van der Waals surface area contributed by atoms with Gasteiger partial charge in [-0.2, -0.15) is 0 Å². The van der Waals surface area contributed by atoms with Gasteiger partial charge in [0.05, 0.1) is 6.54 Å². The summed E-state index contributed by atoms with van der Waals surface area (Å²) in [7, 11) is 0. The van der Waals surface area contributed by atoms with Gasteiger partial charge < -0.3 is 4.74 Å². The average Bonchev–Trinajstić information content (AvgIpc) is 2.54. The third-order valence-corrected chi connectivity index (χ3v) is 3.47. The number of benzene rings is 1. The molecule has 2 aliphatic rings. The van der Waals surface area contributed by atoms with Crippen molar-refractivity contribution in [3.05, 3.63) is 29.3 Å². The minimum absolute atomic E-state index is 0.138. The molecular formula is C13H15F2NO. The van der Waals surface area contributed by atoms with Gasteiger partial charge in [0.15, 0.2) is 0 Å². The van der Waals surface area contributed by atoms with Crippen molar-refractivity contribution in [1.82, 2.24) is 4.90 Å². The van der Waals surface area contributed by atoms with E-state index in [1.165, 1.54) is 11.1 Å². The van der Waals surface area contributed by atoms with Crippen LogP contribution in [0, 0.1) is 6.92 Å². The summed E-state index contributed by atoms with van der Waals surface area (Å²) in [6.07, 6.45) is -1.40. The molecule has 0 aliphatic carbocycles. The molecule has 0 unspecified atom stereocenters. The summed E-state index contributed by atoms with van der Waals surface area (Å²) >= 11 is 0. The molecule has 92 valence electrons. The lowest BCUT2D eigenvalue weighted by Crippen LogP contribution is -2.65. The minimum atomic E-state index is -2.25. The van der Waals surface area contributed by atoms with Crippen LogP contribution in [0.1, 0.15) is 11.1 Å². The zero-order valence-electron chi connectivity index (χ0n) is 9.75. The molecular weight excluding hydrogens is 224 g/mol. The van der Waals surface area contributed by atoms with Gasteiger partial charge in [-0.3, -0.25) is 4.90 Å². The molecule has 1 aromatic rings. The molecule has 0 aromatic heterocycles. The van der Waals surface area contributed by atoms with E-state index in [1.807, 2.05) is 12.1 Å². The number of likely N-dealkylation sites (tertiary alicyclic amines) is 1. The van der Waals surface area contributed by atoms with Crippen LogP contribution < -0.4 is 4.74 Å². The van der Waals surface area contributed by atoms with E-state index < -0.39 is 6.43 Å². The van der Waals surface area contributed by atoms with Crippen molar-refractivity contribution >= 4 is 0 Å². The second-order valence-electron chi connectivity index (χ2n) is 5.13. The van der Waals surface area contributed by atoms with Crippen LogP contribution in [0.4, 0.5) is 8.78 Å². The number of ether oxygens (including phenoxy) is 1. The largest absolute Gasteiger partial charge is 0.484 e. The smallest absolute Gasteiger partial charge is 0.251 e. The standard InChI is InChI=1S/C13H15F2NO/c1-9-2-3-11-10(4-9)5-13(17-11)7-16(8-13)6-12(14)15/h2-4,12H,5-8H2,1H3. The molecule has 1 fully saturated rings. The van der Waals surface area contributed by atoms with E-state index in [2.05, 4.69) is 13.0 Å². The van der Waals surface area contributed by atoms with E-state index in [1.54, 1.807) is 4.90 Å². The van der Waals surface area contributed by atoms with Crippen molar-refractivity contribution in [2.24, 2.45) is 0 Å². The predicted octanol–water partition coefficient (Wildman–Crippen LogP) is 2.25. The minimum Gasteiger partial charge on any atom is -0.484 e. The van der Waals surface area contributed by atoms with Crippen LogP contribution in [0.25, 0.3) is 0 Å². The van der Waals surface area contributed by atoms with Crippen molar-refractivity contribution in [2.75, 3.05) is 19.6 Å². The van der Waals surface area contributed by atoms with Gasteiger partial charge in [0, 0.05) is 19.5 Å². The van der Waals surface area contributed by atoms with Gasteiger partial charge in [0.1, 0.15) is 11.4 Å². The SMILES string of the molecule is Cc1ccc2c(c1)CC1(CN(CC(F)F)C1)O2. The summed E-state index contributed by atoms with van der Waals surface area (Å²) in [5.74, 6) is 0.923. The van der Waals surface area contributed by atoms with Crippen LogP contribution >= 0.6 is 0 Å². The Morgan fingerprint density at radius 2 is 2.18 bits per heavy atom. The first-order chi connectivity index (χ1) is 8.06. The van der Waals surface area contributed by atoms with Crippen molar-refractivity contribution in [3.8, 4) is 5.75 Å². The Bertz CT molecular complexity index is 441. The number of fused-ring (bicyclic) bond motifs is 1. The molecule has 1 spiro atoms. The van der Waals surface area contributed by atoms with Crippen LogP contribution in [0.3, 0.4) is 0 Å². The van der Waals surface area contributed by atoms with Gasteiger partial charge in [0.2, 0.25) is 0 Å². The molecule has 17 heavy (non-hydrogen) atoms. The van der Waals surface area contributed by atoms with E-state index >= 15 is 0 Å². The molecule has 0 N–H and O–H groups in total. The van der Waals surface area contributed by atoms with Crippen LogP contribution in [0.5, 0.6) is 5.75 Å². The lowest BCUT2D eigenvalue weighted by Gasteiger charge is -2.46. The summed E-state index contributed by atoms with van der Waals surface area (Å²) in [5.41, 5.74) is 2.19. The fourth-order valence-corrected chi connectivity index (χ4v) is 2.83. The number of halogens is 2. The Morgan fingerprint density at radius 1 is 1.41 bits per heavy atom. The third kappa shape index (κ3) is 1.90. The Kier molecular flexibility index (Phi) is 2.36. The van der Waals surface area contributed by atoms with Crippen LogP contribution in [-0.4, -0.2) is 36.6 Å². The summed E-state index contributed by atoms with van der Waals surface area (Å²) in [6.45, 7) is 3.14. The molecule has 3 rings (SSSR count). The van der Waals surface area contributed by atoms with E-state index in [0.717, 1.165) is 12.2 Å². The maximum atomic E-state index is 12.2. The molecule has 0 bridgehead atoms. The maximum Gasteiger partial charge on any atom is 0.251 e. The summed E-state index contributed by atoms with van der Waals surface area (Å²) in [4.78, 5) is 1.75. The predicted molar refractivity (Wildman–Crippen MR) is 60.7 cm³/mol. The lowest BCUT2D eigenvalue weighted by atomic mass is 9.89. The number of rotatable bonds is 2. The Balaban J connectivity index is 1.68. The number of nitrogens with zero attached hydrogens (tertiary/aromatic N) is 1. The molecule has 2 aliphatic heterocycles. The third-order valence-electron chi connectivity index (χ3n) is 3.47. The van der Waals surface area contributed by atoms with Crippen LogP contribution in [0.2, 0.25) is 0 Å². The number of alkyl halides is 2. The first-order valence-corrected chi connectivity index (χ1v) is 5.85. The van der Waals surface area contributed by atoms with Gasteiger partial charge in [-0.15, -0.1) is 0 Å². The summed E-state index contributed by atoms with van der Waals surface area (Å²) in [6, 6.07) is 6.13. The highest BCUT2D eigenvalue weighted by Gasteiger charge is 2.49. The number of hydrogen-bond acceptors (Lipinski definition) is 2. The molecule has 1 saturated heterocycles. The van der Waals surface area contributed by atoms with E-state index in [4.69, 9.17) is 4.74 Å². The molecule has 0 saturated carbocycles. The molecule has 1 aromatic carbocycles. The van der Waals surface area contributed by atoms with Crippen LogP contribution in [0.15, 0.2) is 18.2 Å². The second-order valence-corrected chi connectivity index (χ2v) is 5.13. The quantitative estimate of drug-likeness (QED) is 0.785. The normalized spacial score (nSPS) is 21.4. The van der Waals surface area contributed by atoms with Crippen molar-refractivity contribution in [3.63, 3.8) is 0 Å². The molecule has 0 atom stereocenters. The number of hydrogen-bond donors (Lipinski definition) is 0. The zero-order valence-corrected chi connectivity index (χ0v) is 9.75. The fourth-order valence-electron chi connectivity index (χ4n) is 2.83. The topological polar surface area (TPSA) is 12.5 Å². The zero-order chi connectivity index (χ0) is 12.0. The summed E-state index contributed by atoms with van der Waals surface area (Å²) < 4.78 is 30.3. The lowest BCUT2D eigenvalue weighted by molar-refractivity contribution is -0.0811. The van der Waals surface area contributed by atoms with Gasteiger partial charge >= 0.3 is 0 Å². The number of aryl methyl sites for hydroxylation is 1. The summed E-state index contributed by atoms with van der Waals surface area (Å²) in [5, 5.41) is 0. The first kappa shape index (κ1) is 11.0. The van der Waals surface area contributed by atoms with Crippen molar-refractivity contribution in [2.45, 2.75) is 25.4 Å². The van der Waals surface area contributed by atoms with Crippen molar-refractivity contribution < 1.29 is 13.5 Å². The van der Waals surface area contributed by atoms with Gasteiger partial charge in [-0.1, -0.05) is 17.7 Å². The molecule has 0 amide bonds.